The van der Waals surface area contributed by atoms with E-state index in [4.69, 9.17) is 13.9 Å². The first-order valence-electron chi connectivity index (χ1n) is 12.9. The van der Waals surface area contributed by atoms with Crippen LogP contribution in [0.3, 0.4) is 0 Å². The minimum absolute atomic E-state index is 0.0336. The summed E-state index contributed by atoms with van der Waals surface area (Å²) < 4.78 is 19.3. The smallest absolute Gasteiger partial charge is 0.306 e. The van der Waals surface area contributed by atoms with Gasteiger partial charge in [0.2, 0.25) is 0 Å². The van der Waals surface area contributed by atoms with Crippen molar-refractivity contribution in [2.75, 3.05) is 6.61 Å². The van der Waals surface area contributed by atoms with Gasteiger partial charge in [0, 0.05) is 18.9 Å². The molecule has 1 aliphatic rings. The topological polar surface area (TPSA) is 44.8 Å². The predicted octanol–water partition coefficient (Wildman–Crippen LogP) is 5.49. The van der Waals surface area contributed by atoms with Crippen LogP contribution in [0.25, 0.3) is 0 Å². The molecule has 3 aromatic carbocycles. The van der Waals surface area contributed by atoms with Gasteiger partial charge in [-0.2, -0.15) is 0 Å². The molecule has 0 aliphatic carbocycles. The molecule has 0 bridgehead atoms. The molecule has 4 nitrogen and oxygen atoms in total. The van der Waals surface area contributed by atoms with Gasteiger partial charge < -0.3 is 13.9 Å². The molecule has 4 rings (SSSR count). The summed E-state index contributed by atoms with van der Waals surface area (Å²) in [5, 5.41) is 2.41. The van der Waals surface area contributed by atoms with Crippen molar-refractivity contribution in [1.82, 2.24) is 0 Å². The van der Waals surface area contributed by atoms with Gasteiger partial charge in [0.15, 0.2) is 0 Å². The number of carbonyl (C=O) groups excluding carboxylic acids is 1. The lowest BCUT2D eigenvalue weighted by atomic mass is 9.98. The van der Waals surface area contributed by atoms with Crippen LogP contribution in [0, 0.1) is 5.92 Å². The third-order valence-corrected chi connectivity index (χ3v) is 12.1. The van der Waals surface area contributed by atoms with Crippen molar-refractivity contribution in [2.24, 2.45) is 5.92 Å². The first-order chi connectivity index (χ1) is 17.3. The Morgan fingerprint density at radius 3 is 1.89 bits per heavy atom. The Balaban J connectivity index is 1.62. The van der Waals surface area contributed by atoms with Gasteiger partial charge in [0.1, 0.15) is 6.10 Å². The molecule has 0 radical (unpaired) electrons. The van der Waals surface area contributed by atoms with Crippen LogP contribution in [0.4, 0.5) is 0 Å². The fraction of sp³-hybridized carbons (Fsp3) is 0.387. The number of benzene rings is 3. The van der Waals surface area contributed by atoms with Gasteiger partial charge in [-0.3, -0.25) is 4.79 Å². The number of cyclic esters (lactones) is 1. The Morgan fingerprint density at radius 2 is 1.42 bits per heavy atom. The summed E-state index contributed by atoms with van der Waals surface area (Å²) in [5.41, 5.74) is 1.10. The normalized spacial score (nSPS) is 18.0. The third kappa shape index (κ3) is 5.80. The molecule has 0 spiro atoms. The fourth-order valence-electron chi connectivity index (χ4n) is 5.30. The molecule has 0 saturated carbocycles. The van der Waals surface area contributed by atoms with Crippen LogP contribution < -0.4 is 10.4 Å². The van der Waals surface area contributed by atoms with Crippen LogP contribution in [0.1, 0.15) is 46.1 Å². The molecule has 0 amide bonds. The van der Waals surface area contributed by atoms with E-state index in [2.05, 4.69) is 100 Å². The van der Waals surface area contributed by atoms with Gasteiger partial charge in [-0.05, 0) is 27.4 Å². The molecule has 190 valence electrons. The van der Waals surface area contributed by atoms with E-state index in [0.29, 0.717) is 26.1 Å². The van der Waals surface area contributed by atoms with Crippen molar-refractivity contribution in [1.29, 1.82) is 0 Å². The molecular formula is C31H38O4Si. The zero-order valence-corrected chi connectivity index (χ0v) is 22.9. The highest BCUT2D eigenvalue weighted by Gasteiger charge is 2.50. The molecule has 0 unspecified atom stereocenters. The highest BCUT2D eigenvalue weighted by atomic mass is 28.4. The second kappa shape index (κ2) is 11.5. The molecule has 1 fully saturated rings. The standard InChI is InChI=1S/C31H38O4Si/c1-24(30(28-20-21-29(32)35-28)33-23-25-14-8-5-9-15-25)22-34-36(31(2,3)4,26-16-10-6-11-17-26)27-18-12-7-13-19-27/h5-19,24,28,30H,20-23H2,1-4H3/t24-,28+,30-/m1/s1. The molecule has 36 heavy (non-hydrogen) atoms. The number of hydrogen-bond acceptors (Lipinski definition) is 4. The maximum Gasteiger partial charge on any atom is 0.306 e. The first kappa shape index (κ1) is 26.3. The summed E-state index contributed by atoms with van der Waals surface area (Å²) in [6, 6.07) is 31.5. The van der Waals surface area contributed by atoms with Gasteiger partial charge in [-0.25, -0.2) is 0 Å². The molecular weight excluding hydrogens is 464 g/mol. The zero-order chi connectivity index (χ0) is 25.6. The van der Waals surface area contributed by atoms with Crippen LogP contribution in [-0.2, 0) is 25.3 Å². The van der Waals surface area contributed by atoms with E-state index < -0.39 is 8.32 Å². The Kier molecular flexibility index (Phi) is 8.45. The Bertz CT molecular complexity index is 1060. The number of esters is 1. The van der Waals surface area contributed by atoms with Gasteiger partial charge in [0.25, 0.3) is 8.32 Å². The monoisotopic (exact) mass is 502 g/mol. The highest BCUT2D eigenvalue weighted by molar-refractivity contribution is 6.99. The van der Waals surface area contributed by atoms with Crippen LogP contribution in [0.5, 0.6) is 0 Å². The van der Waals surface area contributed by atoms with Crippen LogP contribution in [0.15, 0.2) is 91.0 Å². The lowest BCUT2D eigenvalue weighted by molar-refractivity contribution is -0.151. The molecule has 1 aliphatic heterocycles. The van der Waals surface area contributed by atoms with E-state index >= 15 is 0 Å². The van der Waals surface area contributed by atoms with E-state index in [9.17, 15) is 4.79 Å². The SMILES string of the molecule is C[C@H](CO[Si](c1ccccc1)(c1ccccc1)C(C)(C)C)[C@@H](OCc1ccccc1)[C@@H]1CCC(=O)O1. The summed E-state index contributed by atoms with van der Waals surface area (Å²) in [6.45, 7) is 9.99. The maximum absolute atomic E-state index is 12.0. The van der Waals surface area contributed by atoms with Crippen molar-refractivity contribution in [3.05, 3.63) is 96.6 Å². The lowest BCUT2D eigenvalue weighted by Crippen LogP contribution is -2.67. The molecule has 0 N–H and O–H groups in total. The Morgan fingerprint density at radius 1 is 0.889 bits per heavy atom. The van der Waals surface area contributed by atoms with Crippen LogP contribution in [-0.4, -0.2) is 33.1 Å². The van der Waals surface area contributed by atoms with E-state index in [1.165, 1.54) is 10.4 Å². The summed E-state index contributed by atoms with van der Waals surface area (Å²) in [6.07, 6.45) is 0.633. The van der Waals surface area contributed by atoms with Crippen molar-refractivity contribution in [2.45, 2.75) is 64.4 Å². The van der Waals surface area contributed by atoms with Gasteiger partial charge in [-0.1, -0.05) is 119 Å². The molecule has 0 aromatic heterocycles. The van der Waals surface area contributed by atoms with Crippen LogP contribution >= 0.6 is 0 Å². The molecule has 1 saturated heterocycles. The number of carbonyl (C=O) groups is 1. The summed E-state index contributed by atoms with van der Waals surface area (Å²) in [4.78, 5) is 12.0. The third-order valence-electron chi connectivity index (χ3n) is 7.11. The summed E-state index contributed by atoms with van der Waals surface area (Å²) in [7, 11) is -2.66. The minimum atomic E-state index is -2.66. The quantitative estimate of drug-likeness (QED) is 0.272. The highest BCUT2D eigenvalue weighted by Crippen LogP contribution is 2.37. The van der Waals surface area contributed by atoms with Crippen molar-refractivity contribution >= 4 is 24.7 Å². The number of rotatable bonds is 10. The average Bonchev–Trinajstić information content (AvgIpc) is 3.31. The van der Waals surface area contributed by atoms with Crippen molar-refractivity contribution < 1.29 is 18.7 Å². The van der Waals surface area contributed by atoms with Crippen molar-refractivity contribution in [3.8, 4) is 0 Å². The van der Waals surface area contributed by atoms with Gasteiger partial charge >= 0.3 is 5.97 Å². The van der Waals surface area contributed by atoms with E-state index in [-0.39, 0.29) is 29.1 Å². The van der Waals surface area contributed by atoms with E-state index in [0.717, 1.165) is 5.56 Å². The first-order valence-corrected chi connectivity index (χ1v) is 14.8. The van der Waals surface area contributed by atoms with Crippen LogP contribution in [0.2, 0.25) is 5.04 Å². The molecule has 1 heterocycles. The zero-order valence-electron chi connectivity index (χ0n) is 21.9. The second-order valence-electron chi connectivity index (χ2n) is 10.8. The fourth-order valence-corrected chi connectivity index (χ4v) is 9.96. The average molecular weight is 503 g/mol. The number of hydrogen-bond donors (Lipinski definition) is 0. The van der Waals surface area contributed by atoms with E-state index in [1.54, 1.807) is 0 Å². The minimum Gasteiger partial charge on any atom is -0.460 e. The van der Waals surface area contributed by atoms with E-state index in [1.807, 2.05) is 18.2 Å². The van der Waals surface area contributed by atoms with Gasteiger partial charge in [0.05, 0.1) is 12.7 Å². The molecule has 5 heteroatoms. The van der Waals surface area contributed by atoms with Gasteiger partial charge in [-0.15, -0.1) is 0 Å². The molecule has 3 aromatic rings. The largest absolute Gasteiger partial charge is 0.460 e. The Labute approximate surface area is 216 Å². The molecule has 3 atom stereocenters. The summed E-state index contributed by atoms with van der Waals surface area (Å²) >= 11 is 0. The Hall–Kier alpha value is -2.73. The lowest BCUT2D eigenvalue weighted by Gasteiger charge is -2.44. The number of ether oxygens (including phenoxy) is 2. The van der Waals surface area contributed by atoms with Crippen molar-refractivity contribution in [3.63, 3.8) is 0 Å². The maximum atomic E-state index is 12.0. The predicted molar refractivity (Wildman–Crippen MR) is 147 cm³/mol. The second-order valence-corrected chi connectivity index (χ2v) is 15.1. The summed E-state index contributed by atoms with van der Waals surface area (Å²) in [5.74, 6) is -0.111.